The molecule has 18 heavy (non-hydrogen) atoms. The molecule has 0 fully saturated rings. The molecule has 1 atom stereocenters. The monoisotopic (exact) mass is 261 g/mol. The SMILES string of the molecule is CCc1ccc(C(=O)[C@@H](C)Sc2ncn[nH]2)cc1. The highest BCUT2D eigenvalue weighted by Gasteiger charge is 2.17. The lowest BCUT2D eigenvalue weighted by Gasteiger charge is -2.08. The predicted octanol–water partition coefficient (Wildman–Crippen LogP) is 2.73. The summed E-state index contributed by atoms with van der Waals surface area (Å²) in [6.07, 6.45) is 2.42. The number of carbonyl (C=O) groups excluding carboxylic acids is 1. The molecular formula is C13H15N3OS. The number of nitrogens with one attached hydrogen (secondary N) is 1. The molecule has 0 amide bonds. The minimum absolute atomic E-state index is 0.110. The molecule has 0 saturated heterocycles. The number of hydrogen-bond donors (Lipinski definition) is 1. The minimum Gasteiger partial charge on any atom is -0.293 e. The van der Waals surface area contributed by atoms with E-state index in [1.54, 1.807) is 0 Å². The minimum atomic E-state index is -0.176. The van der Waals surface area contributed by atoms with E-state index in [1.807, 2.05) is 31.2 Å². The zero-order valence-electron chi connectivity index (χ0n) is 10.4. The number of Topliss-reactive ketones (excluding diaryl/α,β-unsaturated/α-hetero) is 1. The summed E-state index contributed by atoms with van der Waals surface area (Å²) in [5.74, 6) is 0.110. The number of rotatable bonds is 5. The van der Waals surface area contributed by atoms with Gasteiger partial charge in [0.05, 0.1) is 5.25 Å². The van der Waals surface area contributed by atoms with Crippen molar-refractivity contribution < 1.29 is 4.79 Å². The molecular weight excluding hydrogens is 246 g/mol. The van der Waals surface area contributed by atoms with E-state index >= 15 is 0 Å². The van der Waals surface area contributed by atoms with Crippen LogP contribution in [0.2, 0.25) is 0 Å². The third kappa shape index (κ3) is 2.98. The summed E-state index contributed by atoms with van der Waals surface area (Å²) in [6, 6.07) is 7.77. The quantitative estimate of drug-likeness (QED) is 0.664. The maximum Gasteiger partial charge on any atom is 0.184 e. The first-order chi connectivity index (χ1) is 8.70. The fraction of sp³-hybridized carbons (Fsp3) is 0.308. The van der Waals surface area contributed by atoms with Gasteiger partial charge >= 0.3 is 0 Å². The van der Waals surface area contributed by atoms with Crippen LogP contribution in [0.4, 0.5) is 0 Å². The van der Waals surface area contributed by atoms with E-state index in [1.165, 1.54) is 23.7 Å². The highest BCUT2D eigenvalue weighted by atomic mass is 32.2. The van der Waals surface area contributed by atoms with Gasteiger partial charge in [0, 0.05) is 5.56 Å². The zero-order chi connectivity index (χ0) is 13.0. The number of aromatic nitrogens is 3. The Balaban J connectivity index is 2.05. The summed E-state index contributed by atoms with van der Waals surface area (Å²) in [7, 11) is 0. The second-order valence-electron chi connectivity index (χ2n) is 3.97. The number of aromatic amines is 1. The van der Waals surface area contributed by atoms with Crippen molar-refractivity contribution in [1.29, 1.82) is 0 Å². The summed E-state index contributed by atoms with van der Waals surface area (Å²) < 4.78 is 0. The van der Waals surface area contributed by atoms with E-state index < -0.39 is 0 Å². The maximum atomic E-state index is 12.2. The van der Waals surface area contributed by atoms with Gasteiger partial charge in [-0.15, -0.1) is 0 Å². The van der Waals surface area contributed by atoms with Crippen molar-refractivity contribution in [3.8, 4) is 0 Å². The Labute approximate surface area is 110 Å². The largest absolute Gasteiger partial charge is 0.293 e. The van der Waals surface area contributed by atoms with Crippen LogP contribution in [0.15, 0.2) is 35.7 Å². The van der Waals surface area contributed by atoms with E-state index in [2.05, 4.69) is 22.1 Å². The van der Waals surface area contributed by atoms with E-state index in [-0.39, 0.29) is 11.0 Å². The van der Waals surface area contributed by atoms with E-state index in [4.69, 9.17) is 0 Å². The van der Waals surface area contributed by atoms with Crippen LogP contribution in [0.1, 0.15) is 29.8 Å². The number of aryl methyl sites for hydroxylation is 1. The second-order valence-corrected chi connectivity index (χ2v) is 5.29. The topological polar surface area (TPSA) is 58.6 Å². The second kappa shape index (κ2) is 5.82. The number of hydrogen-bond acceptors (Lipinski definition) is 4. The molecule has 0 saturated carbocycles. The first kappa shape index (κ1) is 12.8. The van der Waals surface area contributed by atoms with Gasteiger partial charge < -0.3 is 0 Å². The van der Waals surface area contributed by atoms with Crippen molar-refractivity contribution in [2.75, 3.05) is 0 Å². The van der Waals surface area contributed by atoms with Crippen molar-refractivity contribution in [3.05, 3.63) is 41.7 Å². The molecule has 0 spiro atoms. The van der Waals surface area contributed by atoms with Crippen LogP contribution in [-0.4, -0.2) is 26.2 Å². The first-order valence-electron chi connectivity index (χ1n) is 5.86. The molecule has 0 radical (unpaired) electrons. The molecule has 0 aliphatic heterocycles. The zero-order valence-corrected chi connectivity index (χ0v) is 11.2. The standard InChI is InChI=1S/C13H15N3OS/c1-3-10-4-6-11(7-5-10)12(17)9(2)18-13-14-8-15-16-13/h4-9H,3H2,1-2H3,(H,14,15,16)/t9-/m1/s1. The number of ketones is 1. The number of nitrogens with zero attached hydrogens (tertiary/aromatic N) is 2. The normalized spacial score (nSPS) is 12.3. The van der Waals surface area contributed by atoms with Crippen molar-refractivity contribution in [1.82, 2.24) is 15.2 Å². The third-order valence-corrected chi connectivity index (χ3v) is 3.68. The Hall–Kier alpha value is -1.62. The molecule has 2 rings (SSSR count). The van der Waals surface area contributed by atoms with Gasteiger partial charge in [-0.2, -0.15) is 5.10 Å². The number of H-pyrrole nitrogens is 1. The van der Waals surface area contributed by atoms with E-state index in [9.17, 15) is 4.79 Å². The van der Waals surface area contributed by atoms with Gasteiger partial charge in [0.1, 0.15) is 6.33 Å². The molecule has 4 nitrogen and oxygen atoms in total. The summed E-state index contributed by atoms with van der Waals surface area (Å²) in [5.41, 5.74) is 1.98. The fourth-order valence-corrected chi connectivity index (χ4v) is 2.40. The van der Waals surface area contributed by atoms with E-state index in [0.717, 1.165) is 12.0 Å². The Morgan fingerprint density at radius 2 is 2.11 bits per heavy atom. The first-order valence-corrected chi connectivity index (χ1v) is 6.74. The smallest absolute Gasteiger partial charge is 0.184 e. The maximum absolute atomic E-state index is 12.2. The number of benzene rings is 1. The summed E-state index contributed by atoms with van der Waals surface area (Å²) in [5, 5.41) is 7.00. The molecule has 94 valence electrons. The van der Waals surface area contributed by atoms with Crippen LogP contribution in [-0.2, 0) is 6.42 Å². The summed E-state index contributed by atoms with van der Waals surface area (Å²) >= 11 is 1.38. The summed E-state index contributed by atoms with van der Waals surface area (Å²) in [4.78, 5) is 16.2. The van der Waals surface area contributed by atoms with Crippen LogP contribution in [0.25, 0.3) is 0 Å². The Morgan fingerprint density at radius 1 is 1.39 bits per heavy atom. The van der Waals surface area contributed by atoms with Crippen LogP contribution >= 0.6 is 11.8 Å². The van der Waals surface area contributed by atoms with Gasteiger partial charge in [-0.3, -0.25) is 9.89 Å². The van der Waals surface area contributed by atoms with Crippen LogP contribution < -0.4 is 0 Å². The molecule has 0 aliphatic carbocycles. The predicted molar refractivity (Wildman–Crippen MR) is 71.9 cm³/mol. The third-order valence-electron chi connectivity index (χ3n) is 2.70. The lowest BCUT2D eigenvalue weighted by atomic mass is 10.1. The summed E-state index contributed by atoms with van der Waals surface area (Å²) in [6.45, 7) is 3.97. The Bertz CT molecular complexity index is 508. The lowest BCUT2D eigenvalue weighted by molar-refractivity contribution is 0.0994. The Kier molecular flexibility index (Phi) is 4.15. The highest BCUT2D eigenvalue weighted by Crippen LogP contribution is 2.22. The molecule has 5 heteroatoms. The Morgan fingerprint density at radius 3 is 2.67 bits per heavy atom. The average molecular weight is 261 g/mol. The van der Waals surface area contributed by atoms with Gasteiger partial charge in [0.2, 0.25) is 0 Å². The molecule has 0 unspecified atom stereocenters. The number of thioether (sulfide) groups is 1. The average Bonchev–Trinajstić information content (AvgIpc) is 2.91. The van der Waals surface area contributed by atoms with Gasteiger partial charge in [0.15, 0.2) is 10.9 Å². The molecule has 1 aromatic heterocycles. The van der Waals surface area contributed by atoms with Crippen LogP contribution in [0, 0.1) is 0 Å². The van der Waals surface area contributed by atoms with Crippen LogP contribution in [0.3, 0.4) is 0 Å². The fourth-order valence-electron chi connectivity index (χ4n) is 1.61. The van der Waals surface area contributed by atoms with Crippen molar-refractivity contribution in [2.24, 2.45) is 0 Å². The molecule has 2 aromatic rings. The van der Waals surface area contributed by atoms with Crippen molar-refractivity contribution >= 4 is 17.5 Å². The molecule has 1 N–H and O–H groups in total. The molecule has 0 aliphatic rings. The highest BCUT2D eigenvalue weighted by molar-refractivity contribution is 8.00. The van der Waals surface area contributed by atoms with Crippen LogP contribution in [0.5, 0.6) is 0 Å². The van der Waals surface area contributed by atoms with Crippen molar-refractivity contribution in [3.63, 3.8) is 0 Å². The van der Waals surface area contributed by atoms with Gasteiger partial charge in [-0.25, -0.2) is 4.98 Å². The van der Waals surface area contributed by atoms with Gasteiger partial charge in [-0.1, -0.05) is 43.0 Å². The number of carbonyl (C=O) groups is 1. The molecule has 1 aromatic carbocycles. The molecule has 1 heterocycles. The van der Waals surface area contributed by atoms with Gasteiger partial charge in [-0.05, 0) is 18.9 Å². The lowest BCUT2D eigenvalue weighted by Crippen LogP contribution is -2.13. The van der Waals surface area contributed by atoms with E-state index in [0.29, 0.717) is 5.16 Å². The van der Waals surface area contributed by atoms with Crippen molar-refractivity contribution in [2.45, 2.75) is 30.7 Å². The molecule has 0 bridgehead atoms. The van der Waals surface area contributed by atoms with Gasteiger partial charge in [0.25, 0.3) is 0 Å².